The molecular formula is C9H9BrN2O2. The first kappa shape index (κ1) is 9.33. The van der Waals surface area contributed by atoms with Crippen molar-refractivity contribution in [3.63, 3.8) is 0 Å². The van der Waals surface area contributed by atoms with Crippen molar-refractivity contribution in [2.45, 2.75) is 6.04 Å². The molecule has 3 N–H and O–H groups in total. The van der Waals surface area contributed by atoms with Crippen molar-refractivity contribution in [2.24, 2.45) is 0 Å². The normalized spacial score (nSPS) is 20.4. The van der Waals surface area contributed by atoms with Crippen LogP contribution in [-0.2, 0) is 0 Å². The molecule has 4 nitrogen and oxygen atoms in total. The Morgan fingerprint density at radius 1 is 1.50 bits per heavy atom. The summed E-state index contributed by atoms with van der Waals surface area (Å²) in [6.07, 6.45) is 0. The number of urea groups is 1. The van der Waals surface area contributed by atoms with E-state index in [2.05, 4.69) is 26.6 Å². The Hall–Kier alpha value is -1.23. The molecule has 1 aliphatic rings. The van der Waals surface area contributed by atoms with Gasteiger partial charge in [0.1, 0.15) is 5.75 Å². The molecule has 2 rings (SSSR count). The molecule has 1 aromatic carbocycles. The van der Waals surface area contributed by atoms with Crippen LogP contribution >= 0.6 is 15.9 Å². The maximum absolute atomic E-state index is 10.9. The van der Waals surface area contributed by atoms with Crippen LogP contribution in [-0.4, -0.2) is 17.7 Å². The maximum Gasteiger partial charge on any atom is 0.315 e. The first-order valence-electron chi connectivity index (χ1n) is 4.19. The second kappa shape index (κ2) is 3.49. The van der Waals surface area contributed by atoms with Gasteiger partial charge in [-0.2, -0.15) is 0 Å². The molecule has 0 unspecified atom stereocenters. The van der Waals surface area contributed by atoms with Crippen LogP contribution in [0.2, 0.25) is 0 Å². The van der Waals surface area contributed by atoms with Gasteiger partial charge >= 0.3 is 6.03 Å². The van der Waals surface area contributed by atoms with E-state index < -0.39 is 0 Å². The molecule has 1 fully saturated rings. The molecule has 1 aromatic rings. The molecule has 1 atom stereocenters. The van der Waals surface area contributed by atoms with Gasteiger partial charge in [-0.25, -0.2) is 4.79 Å². The quantitative estimate of drug-likeness (QED) is 0.714. The molecule has 0 aromatic heterocycles. The van der Waals surface area contributed by atoms with Crippen LogP contribution in [0.3, 0.4) is 0 Å². The Bertz CT molecular complexity index is 381. The number of aromatic hydroxyl groups is 1. The SMILES string of the molecule is O=C1NC[C@@H](c2cc(O)ccc2Br)N1. The highest BCUT2D eigenvalue weighted by Crippen LogP contribution is 2.28. The van der Waals surface area contributed by atoms with Gasteiger partial charge < -0.3 is 15.7 Å². The van der Waals surface area contributed by atoms with Crippen molar-refractivity contribution in [2.75, 3.05) is 6.54 Å². The first-order chi connectivity index (χ1) is 6.66. The topological polar surface area (TPSA) is 61.4 Å². The molecule has 0 saturated carbocycles. The number of carbonyl (C=O) groups is 1. The third-order valence-corrected chi connectivity index (χ3v) is 2.85. The fourth-order valence-corrected chi connectivity index (χ4v) is 1.96. The van der Waals surface area contributed by atoms with E-state index in [0.29, 0.717) is 6.54 Å². The predicted octanol–water partition coefficient (Wildman–Crippen LogP) is 1.51. The minimum Gasteiger partial charge on any atom is -0.508 e. The Balaban J connectivity index is 2.31. The minimum absolute atomic E-state index is 0.0797. The summed E-state index contributed by atoms with van der Waals surface area (Å²) in [4.78, 5) is 10.9. The number of nitrogens with one attached hydrogen (secondary N) is 2. The maximum atomic E-state index is 10.9. The highest BCUT2D eigenvalue weighted by molar-refractivity contribution is 9.10. The highest BCUT2D eigenvalue weighted by atomic mass is 79.9. The smallest absolute Gasteiger partial charge is 0.315 e. The Labute approximate surface area is 89.4 Å². The van der Waals surface area contributed by atoms with Crippen molar-refractivity contribution in [1.82, 2.24) is 10.6 Å². The standard InChI is InChI=1S/C9H9BrN2O2/c10-7-2-1-5(13)3-6(7)8-4-11-9(14)12-8/h1-3,8,13H,4H2,(H2,11,12,14)/t8-/m0/s1. The Morgan fingerprint density at radius 2 is 2.29 bits per heavy atom. The Morgan fingerprint density at radius 3 is 2.93 bits per heavy atom. The van der Waals surface area contributed by atoms with E-state index in [1.54, 1.807) is 18.2 Å². The summed E-state index contributed by atoms with van der Waals surface area (Å²) in [7, 11) is 0. The number of amides is 2. The number of phenolic OH excluding ortho intramolecular Hbond substituents is 1. The van der Waals surface area contributed by atoms with Gasteiger partial charge in [-0.1, -0.05) is 15.9 Å². The molecule has 2 amide bonds. The fraction of sp³-hybridized carbons (Fsp3) is 0.222. The summed E-state index contributed by atoms with van der Waals surface area (Å²) in [6.45, 7) is 0.543. The molecule has 0 spiro atoms. The lowest BCUT2D eigenvalue weighted by Crippen LogP contribution is -2.21. The number of rotatable bonds is 1. The fourth-order valence-electron chi connectivity index (χ4n) is 1.44. The van der Waals surface area contributed by atoms with Crippen molar-refractivity contribution in [3.05, 3.63) is 28.2 Å². The zero-order chi connectivity index (χ0) is 10.1. The summed E-state index contributed by atoms with van der Waals surface area (Å²) in [6, 6.07) is 4.74. The molecule has 1 heterocycles. The number of carbonyl (C=O) groups excluding carboxylic acids is 1. The summed E-state index contributed by atoms with van der Waals surface area (Å²) in [5, 5.41) is 14.7. The second-order valence-corrected chi connectivity index (χ2v) is 3.97. The van der Waals surface area contributed by atoms with Crippen molar-refractivity contribution in [3.8, 4) is 5.75 Å². The zero-order valence-corrected chi connectivity index (χ0v) is 8.84. The van der Waals surface area contributed by atoms with E-state index >= 15 is 0 Å². The van der Waals surface area contributed by atoms with Crippen LogP contribution in [0.5, 0.6) is 5.75 Å². The molecule has 0 radical (unpaired) electrons. The van der Waals surface area contributed by atoms with Crippen LogP contribution < -0.4 is 10.6 Å². The second-order valence-electron chi connectivity index (χ2n) is 3.11. The number of halogens is 1. The first-order valence-corrected chi connectivity index (χ1v) is 4.99. The van der Waals surface area contributed by atoms with Crippen molar-refractivity contribution < 1.29 is 9.90 Å². The summed E-state index contributed by atoms with van der Waals surface area (Å²) < 4.78 is 0.879. The molecule has 1 saturated heterocycles. The summed E-state index contributed by atoms with van der Waals surface area (Å²) in [5.41, 5.74) is 0.878. The van der Waals surface area contributed by atoms with E-state index in [0.717, 1.165) is 10.0 Å². The van der Waals surface area contributed by atoms with Gasteiger partial charge in [0.25, 0.3) is 0 Å². The molecule has 0 aliphatic carbocycles. The summed E-state index contributed by atoms with van der Waals surface area (Å²) >= 11 is 3.37. The lowest BCUT2D eigenvalue weighted by molar-refractivity contribution is 0.247. The number of hydrogen-bond donors (Lipinski definition) is 3. The zero-order valence-electron chi connectivity index (χ0n) is 7.25. The van der Waals surface area contributed by atoms with Crippen molar-refractivity contribution in [1.29, 1.82) is 0 Å². The average Bonchev–Trinajstić information content (AvgIpc) is 2.56. The third-order valence-electron chi connectivity index (χ3n) is 2.13. The van der Waals surface area contributed by atoms with Crippen LogP contribution in [0.25, 0.3) is 0 Å². The monoisotopic (exact) mass is 256 g/mol. The van der Waals surface area contributed by atoms with E-state index in [1.165, 1.54) is 0 Å². The molecule has 0 bridgehead atoms. The number of benzene rings is 1. The van der Waals surface area contributed by atoms with Crippen molar-refractivity contribution >= 4 is 22.0 Å². The van der Waals surface area contributed by atoms with Gasteiger partial charge in [0.2, 0.25) is 0 Å². The van der Waals surface area contributed by atoms with Gasteiger partial charge in [0.05, 0.1) is 6.04 Å². The van der Waals surface area contributed by atoms with Gasteiger partial charge in [-0.3, -0.25) is 0 Å². The molecular weight excluding hydrogens is 248 g/mol. The predicted molar refractivity (Wildman–Crippen MR) is 55.1 cm³/mol. The molecule has 14 heavy (non-hydrogen) atoms. The van der Waals surface area contributed by atoms with Crippen LogP contribution in [0.15, 0.2) is 22.7 Å². The van der Waals surface area contributed by atoms with Crippen LogP contribution in [0.1, 0.15) is 11.6 Å². The number of phenols is 1. The van der Waals surface area contributed by atoms with E-state index in [9.17, 15) is 9.90 Å². The third kappa shape index (κ3) is 1.68. The van der Waals surface area contributed by atoms with Crippen LogP contribution in [0, 0.1) is 0 Å². The minimum atomic E-state index is -0.176. The van der Waals surface area contributed by atoms with E-state index in [4.69, 9.17) is 0 Å². The largest absolute Gasteiger partial charge is 0.508 e. The molecule has 74 valence electrons. The van der Waals surface area contributed by atoms with Gasteiger partial charge in [0.15, 0.2) is 0 Å². The van der Waals surface area contributed by atoms with E-state index in [-0.39, 0.29) is 17.8 Å². The lowest BCUT2D eigenvalue weighted by atomic mass is 10.1. The number of hydrogen-bond acceptors (Lipinski definition) is 2. The average molecular weight is 257 g/mol. The van der Waals surface area contributed by atoms with Gasteiger partial charge in [0, 0.05) is 11.0 Å². The highest BCUT2D eigenvalue weighted by Gasteiger charge is 2.23. The summed E-state index contributed by atoms with van der Waals surface area (Å²) in [5.74, 6) is 0.198. The lowest BCUT2D eigenvalue weighted by Gasteiger charge is -2.11. The molecule has 1 aliphatic heterocycles. The van der Waals surface area contributed by atoms with Gasteiger partial charge in [-0.15, -0.1) is 0 Å². The van der Waals surface area contributed by atoms with E-state index in [1.807, 2.05) is 0 Å². The Kier molecular flexibility index (Phi) is 2.33. The van der Waals surface area contributed by atoms with Crippen LogP contribution in [0.4, 0.5) is 4.79 Å². The van der Waals surface area contributed by atoms with Gasteiger partial charge in [-0.05, 0) is 23.8 Å². The molecule has 5 heteroatoms.